The Hall–Kier alpha value is -2.82. The molecule has 4 nitrogen and oxygen atoms in total. The van der Waals surface area contributed by atoms with Crippen molar-refractivity contribution in [1.29, 1.82) is 0 Å². The fraction of sp³-hybridized carbons (Fsp3) is 0.167. The summed E-state index contributed by atoms with van der Waals surface area (Å²) in [6.07, 6.45) is 0.847. The highest BCUT2D eigenvalue weighted by Crippen LogP contribution is 2.27. The normalized spacial score (nSPS) is 11.2. The minimum atomic E-state index is -0.166. The molecule has 0 spiro atoms. The number of hydrogen-bond acceptors (Lipinski definition) is 3. The predicted octanol–water partition coefficient (Wildman–Crippen LogP) is 6.36. The highest BCUT2D eigenvalue weighted by Gasteiger charge is 2.05. The van der Waals surface area contributed by atoms with Gasteiger partial charge < -0.3 is 4.74 Å². The molecule has 3 aromatic rings. The molecule has 154 valence electrons. The van der Waals surface area contributed by atoms with Gasteiger partial charge in [0, 0.05) is 11.4 Å². The zero-order valence-corrected chi connectivity index (χ0v) is 18.1. The average Bonchev–Trinajstić information content (AvgIpc) is 2.77. The molecule has 0 saturated heterocycles. The van der Waals surface area contributed by atoms with Crippen molar-refractivity contribution in [1.82, 2.24) is 5.43 Å². The van der Waals surface area contributed by atoms with E-state index in [-0.39, 0.29) is 5.91 Å². The average molecular weight is 441 g/mol. The number of nitrogens with one attached hydrogen (secondary N) is 1. The maximum absolute atomic E-state index is 12.0. The highest BCUT2D eigenvalue weighted by atomic mass is 35.5. The van der Waals surface area contributed by atoms with E-state index >= 15 is 0 Å². The maximum atomic E-state index is 12.0. The third-order valence-electron chi connectivity index (χ3n) is 4.46. The van der Waals surface area contributed by atoms with Crippen LogP contribution in [0, 0.1) is 0 Å². The molecule has 6 heteroatoms. The fourth-order valence-corrected chi connectivity index (χ4v) is 3.27. The number of benzene rings is 3. The van der Waals surface area contributed by atoms with Crippen LogP contribution in [-0.4, -0.2) is 18.2 Å². The van der Waals surface area contributed by atoms with Gasteiger partial charge in [-0.2, -0.15) is 5.10 Å². The first-order chi connectivity index (χ1) is 14.5. The lowest BCUT2D eigenvalue weighted by Crippen LogP contribution is -2.19. The summed E-state index contributed by atoms with van der Waals surface area (Å²) >= 11 is 11.9. The second kappa shape index (κ2) is 10.8. The Morgan fingerprint density at radius 2 is 1.67 bits per heavy atom. The summed E-state index contributed by atoms with van der Waals surface area (Å²) in [5, 5.41) is 5.20. The molecule has 0 aliphatic rings. The van der Waals surface area contributed by atoms with Crippen molar-refractivity contribution in [2.24, 2.45) is 5.10 Å². The van der Waals surface area contributed by atoms with Crippen molar-refractivity contribution in [2.45, 2.75) is 19.8 Å². The second-order valence-corrected chi connectivity index (χ2v) is 7.55. The first-order valence-electron chi connectivity index (χ1n) is 9.60. The van der Waals surface area contributed by atoms with Gasteiger partial charge in [-0.3, -0.25) is 4.79 Å². The van der Waals surface area contributed by atoms with Crippen LogP contribution in [0.5, 0.6) is 5.75 Å². The number of carbonyl (C=O) groups excluding carboxylic acids is 1. The summed E-state index contributed by atoms with van der Waals surface area (Å²) in [5.74, 6) is 0.385. The Kier molecular flexibility index (Phi) is 7.89. The van der Waals surface area contributed by atoms with Gasteiger partial charge in [0.25, 0.3) is 0 Å². The molecule has 1 amide bonds. The van der Waals surface area contributed by atoms with Crippen molar-refractivity contribution >= 4 is 34.8 Å². The molecule has 0 heterocycles. The Labute approximate surface area is 186 Å². The Bertz CT molecular complexity index is 1020. The molecule has 3 aromatic carbocycles. The number of rotatable bonds is 8. The number of amides is 1. The highest BCUT2D eigenvalue weighted by molar-refractivity contribution is 6.35. The van der Waals surface area contributed by atoms with Crippen molar-refractivity contribution < 1.29 is 9.53 Å². The quantitative estimate of drug-likeness (QED) is 0.251. The van der Waals surface area contributed by atoms with E-state index < -0.39 is 0 Å². The first-order valence-corrected chi connectivity index (χ1v) is 10.4. The van der Waals surface area contributed by atoms with E-state index in [2.05, 4.69) is 22.7 Å². The van der Waals surface area contributed by atoms with Crippen molar-refractivity contribution in [3.63, 3.8) is 0 Å². The number of nitrogens with zero attached hydrogens (tertiary/aromatic N) is 1. The molecule has 30 heavy (non-hydrogen) atoms. The fourth-order valence-electron chi connectivity index (χ4n) is 2.81. The number of hydrogen-bond donors (Lipinski definition) is 1. The largest absolute Gasteiger partial charge is 0.492 e. The zero-order chi connectivity index (χ0) is 21.3. The molecular formula is C24H22Cl2N2O2. The number of carbonyl (C=O) groups is 1. The van der Waals surface area contributed by atoms with E-state index in [4.69, 9.17) is 27.9 Å². The van der Waals surface area contributed by atoms with Gasteiger partial charge >= 0.3 is 0 Å². The SMILES string of the molecule is C/C(=N\NC(=O)CCCOc1ccc(Cl)cc1Cl)c1ccc(-c2ccccc2)cc1. The van der Waals surface area contributed by atoms with E-state index in [1.54, 1.807) is 18.2 Å². The molecule has 0 aliphatic carbocycles. The third-order valence-corrected chi connectivity index (χ3v) is 4.99. The third kappa shape index (κ3) is 6.34. The first kappa shape index (κ1) is 21.9. The summed E-state index contributed by atoms with van der Waals surface area (Å²) in [6.45, 7) is 2.24. The Balaban J connectivity index is 1.45. The molecule has 0 bridgehead atoms. The van der Waals surface area contributed by atoms with Crippen LogP contribution >= 0.6 is 23.2 Å². The van der Waals surface area contributed by atoms with Crippen LogP contribution in [0.2, 0.25) is 10.0 Å². The minimum absolute atomic E-state index is 0.166. The standard InChI is InChI=1S/C24H22Cl2N2O2/c1-17(18-9-11-20(12-10-18)19-6-3-2-4-7-19)27-28-24(29)8-5-15-30-23-14-13-21(25)16-22(23)26/h2-4,6-7,9-14,16H,5,8,15H2,1H3,(H,28,29)/b27-17+. The lowest BCUT2D eigenvalue weighted by Gasteiger charge is -2.08. The number of ether oxygens (including phenoxy) is 1. The van der Waals surface area contributed by atoms with Crippen molar-refractivity contribution in [3.8, 4) is 16.9 Å². The van der Waals surface area contributed by atoms with E-state index in [1.165, 1.54) is 0 Å². The maximum Gasteiger partial charge on any atom is 0.240 e. The summed E-state index contributed by atoms with van der Waals surface area (Å²) in [7, 11) is 0. The molecular weight excluding hydrogens is 419 g/mol. The number of halogens is 2. The second-order valence-electron chi connectivity index (χ2n) is 6.70. The van der Waals surface area contributed by atoms with E-state index in [1.807, 2.05) is 49.4 Å². The molecule has 0 aromatic heterocycles. The molecule has 0 saturated carbocycles. The summed E-state index contributed by atoms with van der Waals surface area (Å²) < 4.78 is 5.58. The van der Waals surface area contributed by atoms with Gasteiger partial charge in [0.15, 0.2) is 0 Å². The molecule has 0 aliphatic heterocycles. The number of hydrazone groups is 1. The van der Waals surface area contributed by atoms with Gasteiger partial charge in [-0.1, -0.05) is 77.8 Å². The monoisotopic (exact) mass is 440 g/mol. The van der Waals surface area contributed by atoms with E-state index in [0.717, 1.165) is 22.4 Å². The zero-order valence-electron chi connectivity index (χ0n) is 16.6. The van der Waals surface area contributed by atoms with Crippen LogP contribution in [-0.2, 0) is 4.79 Å². The van der Waals surface area contributed by atoms with Crippen molar-refractivity contribution in [2.75, 3.05) is 6.61 Å². The molecule has 0 atom stereocenters. The lowest BCUT2D eigenvalue weighted by molar-refractivity contribution is -0.121. The van der Waals surface area contributed by atoms with Crippen LogP contribution in [0.4, 0.5) is 0 Å². The van der Waals surface area contributed by atoms with Gasteiger partial charge in [-0.05, 0) is 48.2 Å². The molecule has 1 N–H and O–H groups in total. The molecule has 0 radical (unpaired) electrons. The topological polar surface area (TPSA) is 50.7 Å². The molecule has 0 fully saturated rings. The van der Waals surface area contributed by atoms with Gasteiger partial charge in [-0.25, -0.2) is 5.43 Å². The molecule has 3 rings (SSSR count). The summed E-state index contributed by atoms with van der Waals surface area (Å²) in [4.78, 5) is 12.0. The Morgan fingerprint density at radius 1 is 0.967 bits per heavy atom. The van der Waals surface area contributed by atoms with Crippen LogP contribution < -0.4 is 10.2 Å². The van der Waals surface area contributed by atoms with Gasteiger partial charge in [0.1, 0.15) is 5.75 Å². The lowest BCUT2D eigenvalue weighted by atomic mass is 10.0. The van der Waals surface area contributed by atoms with Crippen LogP contribution in [0.25, 0.3) is 11.1 Å². The summed E-state index contributed by atoms with van der Waals surface area (Å²) in [6, 6.07) is 23.3. The minimum Gasteiger partial charge on any atom is -0.492 e. The van der Waals surface area contributed by atoms with Crippen molar-refractivity contribution in [3.05, 3.63) is 88.4 Å². The Morgan fingerprint density at radius 3 is 2.37 bits per heavy atom. The van der Waals surface area contributed by atoms with E-state index in [9.17, 15) is 4.79 Å². The van der Waals surface area contributed by atoms with Crippen LogP contribution in [0.3, 0.4) is 0 Å². The summed E-state index contributed by atoms with van der Waals surface area (Å²) in [5.41, 5.74) is 6.59. The van der Waals surface area contributed by atoms with Gasteiger partial charge in [0.05, 0.1) is 17.3 Å². The smallest absolute Gasteiger partial charge is 0.240 e. The van der Waals surface area contributed by atoms with Crippen LogP contribution in [0.15, 0.2) is 77.9 Å². The van der Waals surface area contributed by atoms with Gasteiger partial charge in [0.2, 0.25) is 5.91 Å². The van der Waals surface area contributed by atoms with E-state index in [0.29, 0.717) is 35.2 Å². The molecule has 0 unspecified atom stereocenters. The predicted molar refractivity (Wildman–Crippen MR) is 123 cm³/mol. The van der Waals surface area contributed by atoms with Gasteiger partial charge in [-0.15, -0.1) is 0 Å². The van der Waals surface area contributed by atoms with Crippen LogP contribution in [0.1, 0.15) is 25.3 Å².